The van der Waals surface area contributed by atoms with Gasteiger partial charge < -0.3 is 9.79 Å². The second-order valence-corrected chi connectivity index (χ2v) is 8.00. The maximum atomic E-state index is 12.1. The average molecular weight is 352 g/mol. The summed E-state index contributed by atoms with van der Waals surface area (Å²) < 4.78 is 12.1. The quantitative estimate of drug-likeness (QED) is 0.669. The molecule has 0 aromatic heterocycles. The zero-order chi connectivity index (χ0) is 18.2. The summed E-state index contributed by atoms with van der Waals surface area (Å²) in [6, 6.07) is 19.1. The normalized spacial score (nSPS) is 11.6. The number of rotatable bonds is 3. The molecule has 128 valence electrons. The fourth-order valence-corrected chi connectivity index (χ4v) is 3.84. The van der Waals surface area contributed by atoms with E-state index < -0.39 is 7.60 Å². The summed E-state index contributed by atoms with van der Waals surface area (Å²) in [7, 11) is -4.41. The van der Waals surface area contributed by atoms with Gasteiger partial charge in [0.2, 0.25) is 0 Å². The third kappa shape index (κ3) is 3.59. The number of hydrogen-bond donors (Lipinski definition) is 2. The van der Waals surface area contributed by atoms with E-state index in [2.05, 4.69) is 0 Å². The average Bonchev–Trinajstić information content (AvgIpc) is 2.55. The maximum Gasteiger partial charge on any atom is 0.356 e. The Morgan fingerprint density at radius 2 is 1.08 bits per heavy atom. The van der Waals surface area contributed by atoms with Crippen LogP contribution in [0.15, 0.2) is 60.7 Å². The van der Waals surface area contributed by atoms with Crippen molar-refractivity contribution in [3.05, 3.63) is 77.4 Å². The van der Waals surface area contributed by atoms with E-state index in [9.17, 15) is 14.4 Å². The minimum absolute atomic E-state index is 0.0672. The Morgan fingerprint density at radius 3 is 1.52 bits per heavy atom. The summed E-state index contributed by atoms with van der Waals surface area (Å²) in [6.45, 7) is 5.98. The van der Waals surface area contributed by atoms with Crippen molar-refractivity contribution in [3.8, 4) is 22.3 Å². The fraction of sp³-hybridized carbons (Fsp3) is 0.143. The molecule has 4 heteroatoms. The van der Waals surface area contributed by atoms with E-state index >= 15 is 0 Å². The lowest BCUT2D eigenvalue weighted by atomic mass is 9.90. The van der Waals surface area contributed by atoms with E-state index in [0.717, 1.165) is 33.4 Å². The van der Waals surface area contributed by atoms with Crippen LogP contribution in [0.4, 0.5) is 0 Å². The first-order valence-corrected chi connectivity index (χ1v) is 9.72. The van der Waals surface area contributed by atoms with Crippen molar-refractivity contribution in [1.82, 2.24) is 0 Å². The topological polar surface area (TPSA) is 57.5 Å². The Labute approximate surface area is 148 Å². The number of hydrogen-bond acceptors (Lipinski definition) is 1. The van der Waals surface area contributed by atoms with Crippen molar-refractivity contribution in [1.29, 1.82) is 0 Å². The molecule has 0 heterocycles. The van der Waals surface area contributed by atoms with Crippen LogP contribution in [0.1, 0.15) is 16.7 Å². The first-order chi connectivity index (χ1) is 11.8. The summed E-state index contributed by atoms with van der Waals surface area (Å²) in [4.78, 5) is 19.8. The molecule has 3 rings (SSSR count). The van der Waals surface area contributed by atoms with Crippen molar-refractivity contribution in [3.63, 3.8) is 0 Å². The molecule has 0 unspecified atom stereocenters. The molecule has 0 amide bonds. The molecule has 0 aliphatic rings. The van der Waals surface area contributed by atoms with Crippen LogP contribution in [0.5, 0.6) is 0 Å². The first-order valence-electron chi connectivity index (χ1n) is 8.11. The largest absolute Gasteiger partial charge is 0.356 e. The fourth-order valence-electron chi connectivity index (χ4n) is 3.04. The van der Waals surface area contributed by atoms with E-state index in [1.807, 2.05) is 69.3 Å². The van der Waals surface area contributed by atoms with Gasteiger partial charge in [-0.05, 0) is 49.1 Å². The molecule has 0 aliphatic carbocycles. The summed E-state index contributed by atoms with van der Waals surface area (Å²) in [6.07, 6.45) is 0. The number of aryl methyl sites for hydroxylation is 3. The second kappa shape index (κ2) is 6.61. The predicted octanol–water partition coefficient (Wildman–Crippen LogP) is 4.75. The Morgan fingerprint density at radius 1 is 0.640 bits per heavy atom. The SMILES string of the molecule is Cc1ccc(-c2c(C)ccc(P(=O)(O)O)c2-c2ccc(C)cc2)cc1. The molecule has 0 saturated heterocycles. The van der Waals surface area contributed by atoms with Crippen LogP contribution in [-0.2, 0) is 4.57 Å². The molecule has 3 aromatic carbocycles. The summed E-state index contributed by atoms with van der Waals surface area (Å²) in [5.41, 5.74) is 6.46. The molecule has 0 aliphatic heterocycles. The lowest BCUT2D eigenvalue weighted by Crippen LogP contribution is -2.10. The second-order valence-electron chi connectivity index (χ2n) is 6.43. The van der Waals surface area contributed by atoms with Gasteiger partial charge in [-0.25, -0.2) is 0 Å². The highest BCUT2D eigenvalue weighted by atomic mass is 31.2. The minimum atomic E-state index is -4.41. The molecule has 3 aromatic rings. The zero-order valence-electron chi connectivity index (χ0n) is 14.5. The van der Waals surface area contributed by atoms with Crippen molar-refractivity contribution in [2.45, 2.75) is 20.8 Å². The first kappa shape index (κ1) is 17.6. The molecule has 0 bridgehead atoms. The highest BCUT2D eigenvalue weighted by Gasteiger charge is 2.26. The van der Waals surface area contributed by atoms with Crippen LogP contribution in [-0.4, -0.2) is 9.79 Å². The molecule has 25 heavy (non-hydrogen) atoms. The van der Waals surface area contributed by atoms with Gasteiger partial charge in [-0.3, -0.25) is 4.57 Å². The molecule has 0 atom stereocenters. The van der Waals surface area contributed by atoms with Crippen molar-refractivity contribution in [2.24, 2.45) is 0 Å². The molecule has 2 N–H and O–H groups in total. The third-order valence-corrected chi connectivity index (χ3v) is 5.39. The van der Waals surface area contributed by atoms with Crippen LogP contribution in [0, 0.1) is 20.8 Å². The van der Waals surface area contributed by atoms with E-state index in [-0.39, 0.29) is 5.30 Å². The van der Waals surface area contributed by atoms with Crippen LogP contribution in [0.3, 0.4) is 0 Å². The van der Waals surface area contributed by atoms with Crippen LogP contribution in [0.25, 0.3) is 22.3 Å². The van der Waals surface area contributed by atoms with Gasteiger partial charge in [0.15, 0.2) is 0 Å². The van der Waals surface area contributed by atoms with Crippen molar-refractivity contribution < 1.29 is 14.4 Å². The lowest BCUT2D eigenvalue weighted by Gasteiger charge is -2.19. The van der Waals surface area contributed by atoms with Crippen LogP contribution < -0.4 is 5.30 Å². The van der Waals surface area contributed by atoms with Crippen LogP contribution >= 0.6 is 7.60 Å². The molecule has 3 nitrogen and oxygen atoms in total. The standard InChI is InChI=1S/C21H21O3P/c1-14-4-9-17(10-5-14)20-16(3)8-13-19(25(22,23)24)21(20)18-11-6-15(2)7-12-18/h4-13H,1-3H3,(H2,22,23,24). The Kier molecular flexibility index (Phi) is 4.66. The van der Waals surface area contributed by atoms with Gasteiger partial charge in [0, 0.05) is 5.56 Å². The van der Waals surface area contributed by atoms with Crippen molar-refractivity contribution >= 4 is 12.9 Å². The van der Waals surface area contributed by atoms with Gasteiger partial charge in [-0.1, -0.05) is 65.7 Å². The monoisotopic (exact) mass is 352 g/mol. The minimum Gasteiger partial charge on any atom is -0.321 e. The van der Waals surface area contributed by atoms with Crippen molar-refractivity contribution in [2.75, 3.05) is 0 Å². The Hall–Kier alpha value is -2.19. The van der Waals surface area contributed by atoms with Gasteiger partial charge in [-0.2, -0.15) is 0 Å². The van der Waals surface area contributed by atoms with Gasteiger partial charge in [0.1, 0.15) is 0 Å². The zero-order valence-corrected chi connectivity index (χ0v) is 15.4. The summed E-state index contributed by atoms with van der Waals surface area (Å²) in [5, 5.41) is 0.0672. The summed E-state index contributed by atoms with van der Waals surface area (Å²) >= 11 is 0. The molecular weight excluding hydrogens is 331 g/mol. The van der Waals surface area contributed by atoms with Gasteiger partial charge in [0.25, 0.3) is 0 Å². The maximum absolute atomic E-state index is 12.1. The highest BCUT2D eigenvalue weighted by molar-refractivity contribution is 7.60. The Balaban J connectivity index is 2.39. The molecule has 0 spiro atoms. The van der Waals surface area contributed by atoms with E-state index in [1.165, 1.54) is 0 Å². The highest BCUT2D eigenvalue weighted by Crippen LogP contribution is 2.43. The van der Waals surface area contributed by atoms with E-state index in [4.69, 9.17) is 0 Å². The number of benzene rings is 3. The molecular formula is C21H21O3P. The lowest BCUT2D eigenvalue weighted by molar-refractivity contribution is 0.387. The van der Waals surface area contributed by atoms with Gasteiger partial charge in [-0.15, -0.1) is 0 Å². The van der Waals surface area contributed by atoms with Crippen LogP contribution in [0.2, 0.25) is 0 Å². The van der Waals surface area contributed by atoms with Gasteiger partial charge in [0.05, 0.1) is 5.30 Å². The van der Waals surface area contributed by atoms with E-state index in [1.54, 1.807) is 12.1 Å². The van der Waals surface area contributed by atoms with E-state index in [0.29, 0.717) is 5.56 Å². The third-order valence-electron chi connectivity index (χ3n) is 4.39. The molecule has 0 radical (unpaired) electrons. The predicted molar refractivity (Wildman–Crippen MR) is 103 cm³/mol. The summed E-state index contributed by atoms with van der Waals surface area (Å²) in [5.74, 6) is 0. The smallest absolute Gasteiger partial charge is 0.321 e. The molecule has 0 fully saturated rings. The Bertz CT molecular complexity index is 952. The van der Waals surface area contributed by atoms with Gasteiger partial charge >= 0.3 is 7.60 Å². The molecule has 0 saturated carbocycles.